The maximum absolute atomic E-state index is 12.2. The van der Waals surface area contributed by atoms with Gasteiger partial charge in [-0.15, -0.1) is 0 Å². The predicted molar refractivity (Wildman–Crippen MR) is 75.6 cm³/mol. The highest BCUT2D eigenvalue weighted by Crippen LogP contribution is 2.26. The van der Waals surface area contributed by atoms with E-state index >= 15 is 0 Å². The van der Waals surface area contributed by atoms with Crippen LogP contribution in [0, 0.1) is 12.8 Å². The molecule has 2 N–H and O–H groups in total. The summed E-state index contributed by atoms with van der Waals surface area (Å²) in [5.74, 6) is -1.19. The third-order valence-electron chi connectivity index (χ3n) is 4.28. The fourth-order valence-corrected chi connectivity index (χ4v) is 2.91. The number of nitrogens with one attached hydrogen (secondary N) is 1. The van der Waals surface area contributed by atoms with Crippen molar-refractivity contribution in [3.8, 4) is 0 Å². The lowest BCUT2D eigenvalue weighted by Gasteiger charge is -2.28. The van der Waals surface area contributed by atoms with Crippen LogP contribution in [0.2, 0.25) is 0 Å². The third-order valence-corrected chi connectivity index (χ3v) is 4.28. The summed E-state index contributed by atoms with van der Waals surface area (Å²) < 4.78 is 1.77. The molecule has 2 rings (SSSR count). The molecule has 20 heavy (non-hydrogen) atoms. The number of nitrogens with zero attached hydrogens (tertiary/aromatic N) is 1. The fourth-order valence-electron chi connectivity index (χ4n) is 2.91. The first-order chi connectivity index (χ1) is 9.50. The van der Waals surface area contributed by atoms with Crippen LogP contribution in [-0.2, 0) is 11.8 Å². The molecule has 1 unspecified atom stereocenters. The third kappa shape index (κ3) is 3.03. The lowest BCUT2D eigenvalue weighted by Crippen LogP contribution is -2.47. The summed E-state index contributed by atoms with van der Waals surface area (Å²) >= 11 is 0. The maximum atomic E-state index is 12.2. The van der Waals surface area contributed by atoms with Gasteiger partial charge in [-0.05, 0) is 37.8 Å². The van der Waals surface area contributed by atoms with E-state index in [2.05, 4.69) is 5.32 Å². The van der Waals surface area contributed by atoms with Gasteiger partial charge in [0.1, 0.15) is 11.7 Å². The van der Waals surface area contributed by atoms with Crippen molar-refractivity contribution < 1.29 is 14.7 Å². The molecule has 1 saturated carbocycles. The highest BCUT2D eigenvalue weighted by molar-refractivity contribution is 5.95. The zero-order valence-corrected chi connectivity index (χ0v) is 12.1. The van der Waals surface area contributed by atoms with E-state index in [0.717, 1.165) is 37.8 Å². The van der Waals surface area contributed by atoms with Gasteiger partial charge >= 0.3 is 5.97 Å². The molecule has 5 nitrogen and oxygen atoms in total. The molecule has 0 saturated heterocycles. The second-order valence-electron chi connectivity index (χ2n) is 5.61. The Morgan fingerprint density at radius 1 is 1.30 bits per heavy atom. The van der Waals surface area contributed by atoms with Crippen molar-refractivity contribution in [1.82, 2.24) is 9.88 Å². The van der Waals surface area contributed by atoms with E-state index < -0.39 is 12.0 Å². The standard InChI is InChI=1S/C15H22N2O3/c1-10-8-9-12(17(10)2)14(18)16-13(15(19)20)11-6-4-3-5-7-11/h8-9,11,13H,3-7H2,1-2H3,(H,16,18)(H,19,20). The van der Waals surface area contributed by atoms with Gasteiger partial charge in [-0.25, -0.2) is 4.79 Å². The minimum Gasteiger partial charge on any atom is -0.480 e. The second kappa shape index (κ2) is 6.11. The first-order valence-electron chi connectivity index (χ1n) is 7.16. The van der Waals surface area contributed by atoms with Crippen LogP contribution in [0.5, 0.6) is 0 Å². The second-order valence-corrected chi connectivity index (χ2v) is 5.61. The van der Waals surface area contributed by atoms with Crippen LogP contribution < -0.4 is 5.32 Å². The van der Waals surface area contributed by atoms with E-state index in [9.17, 15) is 14.7 Å². The van der Waals surface area contributed by atoms with Crippen molar-refractivity contribution in [2.75, 3.05) is 0 Å². The van der Waals surface area contributed by atoms with Crippen LogP contribution in [0.4, 0.5) is 0 Å². The molecule has 0 radical (unpaired) electrons. The molecule has 1 aromatic rings. The van der Waals surface area contributed by atoms with Crippen molar-refractivity contribution in [2.45, 2.75) is 45.1 Å². The van der Waals surface area contributed by atoms with Gasteiger partial charge in [0, 0.05) is 12.7 Å². The van der Waals surface area contributed by atoms with Crippen LogP contribution in [0.25, 0.3) is 0 Å². The minimum atomic E-state index is -0.934. The van der Waals surface area contributed by atoms with Gasteiger partial charge < -0.3 is 15.0 Å². The molecular formula is C15H22N2O3. The zero-order valence-electron chi connectivity index (χ0n) is 12.1. The van der Waals surface area contributed by atoms with Crippen molar-refractivity contribution in [1.29, 1.82) is 0 Å². The SMILES string of the molecule is Cc1ccc(C(=O)NC(C(=O)O)C2CCCCC2)n1C. The molecule has 0 aliphatic heterocycles. The van der Waals surface area contributed by atoms with Crippen molar-refractivity contribution >= 4 is 11.9 Å². The summed E-state index contributed by atoms with van der Waals surface area (Å²) in [5.41, 5.74) is 1.48. The molecular weight excluding hydrogens is 256 g/mol. The molecule has 5 heteroatoms. The van der Waals surface area contributed by atoms with E-state index in [1.165, 1.54) is 0 Å². The summed E-state index contributed by atoms with van der Waals surface area (Å²) in [6, 6.07) is 2.80. The summed E-state index contributed by atoms with van der Waals surface area (Å²) in [4.78, 5) is 23.7. The molecule has 0 bridgehead atoms. The molecule has 1 aromatic heterocycles. The predicted octanol–water partition coefficient (Wildman–Crippen LogP) is 2.10. The molecule has 1 heterocycles. The van der Waals surface area contributed by atoms with Crippen LogP contribution >= 0.6 is 0 Å². The molecule has 0 spiro atoms. The Labute approximate surface area is 119 Å². The normalized spacial score (nSPS) is 17.7. The molecule has 110 valence electrons. The Hall–Kier alpha value is -1.78. The lowest BCUT2D eigenvalue weighted by atomic mass is 9.84. The van der Waals surface area contributed by atoms with E-state index in [1.54, 1.807) is 17.7 Å². The number of carboxylic acids is 1. The average Bonchev–Trinajstić information content (AvgIpc) is 2.77. The summed E-state index contributed by atoms with van der Waals surface area (Å²) in [6.45, 7) is 1.91. The Kier molecular flexibility index (Phi) is 4.47. The Morgan fingerprint density at radius 2 is 1.95 bits per heavy atom. The number of hydrogen-bond acceptors (Lipinski definition) is 2. The molecule has 1 aliphatic rings. The smallest absolute Gasteiger partial charge is 0.326 e. The van der Waals surface area contributed by atoms with E-state index in [-0.39, 0.29) is 11.8 Å². The average molecular weight is 278 g/mol. The highest BCUT2D eigenvalue weighted by atomic mass is 16.4. The van der Waals surface area contributed by atoms with Gasteiger partial charge in [0.2, 0.25) is 0 Å². The Bertz CT molecular complexity index is 501. The summed E-state index contributed by atoms with van der Waals surface area (Å²) in [7, 11) is 1.81. The first-order valence-corrected chi connectivity index (χ1v) is 7.16. The van der Waals surface area contributed by atoms with Gasteiger partial charge in [0.05, 0.1) is 0 Å². The van der Waals surface area contributed by atoms with Crippen LogP contribution in [0.3, 0.4) is 0 Å². The summed E-state index contributed by atoms with van der Waals surface area (Å²) in [6.07, 6.45) is 5.02. The van der Waals surface area contributed by atoms with Crippen LogP contribution in [0.1, 0.15) is 48.3 Å². The first kappa shape index (κ1) is 14.6. The van der Waals surface area contributed by atoms with Gasteiger partial charge in [-0.3, -0.25) is 4.79 Å². The minimum absolute atomic E-state index is 0.0477. The molecule has 1 amide bonds. The number of aliphatic carboxylic acids is 1. The highest BCUT2D eigenvalue weighted by Gasteiger charge is 2.31. The fraction of sp³-hybridized carbons (Fsp3) is 0.600. The van der Waals surface area contributed by atoms with Gasteiger partial charge in [-0.1, -0.05) is 19.3 Å². The van der Waals surface area contributed by atoms with Crippen molar-refractivity contribution in [3.63, 3.8) is 0 Å². The van der Waals surface area contributed by atoms with E-state index in [1.807, 2.05) is 13.0 Å². The van der Waals surface area contributed by atoms with Crippen LogP contribution in [0.15, 0.2) is 12.1 Å². The van der Waals surface area contributed by atoms with Gasteiger partial charge in [0.25, 0.3) is 5.91 Å². The van der Waals surface area contributed by atoms with Crippen molar-refractivity contribution in [3.05, 3.63) is 23.5 Å². The molecule has 0 aromatic carbocycles. The number of rotatable bonds is 4. The Balaban J connectivity index is 2.09. The van der Waals surface area contributed by atoms with Crippen molar-refractivity contribution in [2.24, 2.45) is 13.0 Å². The topological polar surface area (TPSA) is 71.3 Å². The number of carbonyl (C=O) groups excluding carboxylic acids is 1. The number of carbonyl (C=O) groups is 2. The number of amides is 1. The number of carboxylic acid groups (broad SMARTS) is 1. The maximum Gasteiger partial charge on any atom is 0.326 e. The lowest BCUT2D eigenvalue weighted by molar-refractivity contribution is -0.141. The summed E-state index contributed by atoms with van der Waals surface area (Å²) in [5, 5.41) is 12.1. The van der Waals surface area contributed by atoms with E-state index in [0.29, 0.717) is 5.69 Å². The van der Waals surface area contributed by atoms with Crippen LogP contribution in [-0.4, -0.2) is 27.6 Å². The molecule has 1 fully saturated rings. The van der Waals surface area contributed by atoms with E-state index in [4.69, 9.17) is 0 Å². The largest absolute Gasteiger partial charge is 0.480 e. The number of aryl methyl sites for hydroxylation is 1. The molecule has 1 aliphatic carbocycles. The zero-order chi connectivity index (χ0) is 14.7. The quantitative estimate of drug-likeness (QED) is 0.886. The van der Waals surface area contributed by atoms with Gasteiger partial charge in [0.15, 0.2) is 0 Å². The monoisotopic (exact) mass is 278 g/mol. The van der Waals surface area contributed by atoms with Gasteiger partial charge in [-0.2, -0.15) is 0 Å². The Morgan fingerprint density at radius 3 is 2.45 bits per heavy atom. The number of aromatic nitrogens is 1. The number of hydrogen-bond donors (Lipinski definition) is 2. The molecule has 1 atom stereocenters.